The van der Waals surface area contributed by atoms with Crippen LogP contribution in [0.1, 0.15) is 19.1 Å². The number of nitrogens with two attached hydrogens (primary N) is 1. The molecule has 3 heterocycles. The first-order chi connectivity index (χ1) is 14.1. The maximum Gasteiger partial charge on any atom is 0.444 e. The third kappa shape index (κ3) is 4.90. The highest BCUT2D eigenvalue weighted by molar-refractivity contribution is 7.86. The van der Waals surface area contributed by atoms with Crippen LogP contribution in [0.15, 0.2) is 12.7 Å². The van der Waals surface area contributed by atoms with Gasteiger partial charge in [-0.3, -0.25) is 18.3 Å². The van der Waals surface area contributed by atoms with Crippen LogP contribution in [0, 0.1) is 0 Å². The summed E-state index contributed by atoms with van der Waals surface area (Å²) in [5.74, 6) is 0.156. The SMILES string of the molecule is [B]P(=O)(OC[C@@H]1CC[C@H](n2cnc3c(N)ncnc32)O1)OP(=O)(O)C(F)(F)P(=O)(O)O. The first kappa shape index (κ1) is 24.4. The molecule has 0 aromatic carbocycles. The molecule has 2 aromatic rings. The largest absolute Gasteiger partial charge is 0.444 e. The summed E-state index contributed by atoms with van der Waals surface area (Å²) >= 11 is 0. The van der Waals surface area contributed by atoms with E-state index in [1.54, 1.807) is 4.57 Å². The van der Waals surface area contributed by atoms with Gasteiger partial charge in [0.1, 0.15) is 18.1 Å². The molecule has 5 N–H and O–H groups in total. The van der Waals surface area contributed by atoms with Gasteiger partial charge in [0, 0.05) is 0 Å². The molecule has 20 heteroatoms. The molecule has 0 aliphatic carbocycles. The average molecular weight is 503 g/mol. The number of rotatable bonds is 8. The minimum absolute atomic E-state index is 0.156. The van der Waals surface area contributed by atoms with Crippen LogP contribution >= 0.6 is 22.7 Å². The Morgan fingerprint density at radius 3 is 2.58 bits per heavy atom. The Labute approximate surface area is 173 Å². The van der Waals surface area contributed by atoms with E-state index in [4.69, 9.17) is 27.8 Å². The normalized spacial score (nSPS) is 24.2. The smallest absolute Gasteiger partial charge is 0.382 e. The van der Waals surface area contributed by atoms with Crippen LogP contribution in [0.2, 0.25) is 0 Å². The Balaban J connectivity index is 1.63. The molecule has 2 radical (unpaired) electrons. The zero-order chi connectivity index (χ0) is 23.2. The summed E-state index contributed by atoms with van der Waals surface area (Å²) in [7, 11) is -13.0. The van der Waals surface area contributed by atoms with E-state index in [1.165, 1.54) is 12.7 Å². The molecule has 1 aliphatic heterocycles. The number of anilines is 1. The number of imidazole rings is 1. The lowest BCUT2D eigenvalue weighted by Gasteiger charge is -2.25. The van der Waals surface area contributed by atoms with Gasteiger partial charge in [-0.05, 0) is 12.8 Å². The van der Waals surface area contributed by atoms with Gasteiger partial charge in [-0.15, -0.1) is 0 Å². The lowest BCUT2D eigenvalue weighted by Crippen LogP contribution is -2.19. The van der Waals surface area contributed by atoms with E-state index in [0.29, 0.717) is 24.0 Å². The Bertz CT molecular complexity index is 1130. The molecule has 3 rings (SSSR count). The number of alkyl halides is 2. The predicted molar refractivity (Wildman–Crippen MR) is 100 cm³/mol. The molecule has 2 unspecified atom stereocenters. The van der Waals surface area contributed by atoms with Gasteiger partial charge in [-0.25, -0.2) is 19.3 Å². The summed E-state index contributed by atoms with van der Waals surface area (Å²) in [6.45, 7) is -0.602. The molecule has 31 heavy (non-hydrogen) atoms. The van der Waals surface area contributed by atoms with Crippen LogP contribution in [0.4, 0.5) is 14.6 Å². The summed E-state index contributed by atoms with van der Waals surface area (Å²) in [5.41, 5.74) is 6.43. The minimum atomic E-state index is -6.47. The molecule has 0 saturated carbocycles. The maximum absolute atomic E-state index is 13.5. The number of hydrogen-bond acceptors (Lipinski definition) is 10. The maximum atomic E-state index is 13.5. The van der Waals surface area contributed by atoms with Crippen LogP contribution in [0.5, 0.6) is 0 Å². The number of aromatic nitrogens is 4. The number of nitrogens with zero attached hydrogens (tertiary/aromatic N) is 4. The molecule has 1 aliphatic rings. The monoisotopic (exact) mass is 503 g/mol. The molecule has 14 nitrogen and oxygen atoms in total. The molecule has 2 aromatic heterocycles. The second-order valence-corrected chi connectivity index (χ2v) is 12.0. The molecular weight excluding hydrogens is 488 g/mol. The van der Waals surface area contributed by atoms with Gasteiger partial charge in [0.15, 0.2) is 11.5 Å². The van der Waals surface area contributed by atoms with E-state index in [9.17, 15) is 27.4 Å². The van der Waals surface area contributed by atoms with Crippen LogP contribution in [-0.2, 0) is 27.3 Å². The number of fused-ring (bicyclic) bond motifs is 1. The Morgan fingerprint density at radius 1 is 1.26 bits per heavy atom. The molecule has 170 valence electrons. The van der Waals surface area contributed by atoms with E-state index in [1.807, 2.05) is 0 Å². The van der Waals surface area contributed by atoms with Crippen molar-refractivity contribution >= 4 is 47.2 Å². The van der Waals surface area contributed by atoms with Crippen LogP contribution in [0.3, 0.4) is 0 Å². The van der Waals surface area contributed by atoms with Gasteiger partial charge >= 0.3 is 20.6 Å². The number of hydrogen-bond donors (Lipinski definition) is 4. The lowest BCUT2D eigenvalue weighted by molar-refractivity contribution is -0.0167. The third-order valence-corrected chi connectivity index (χ3v) is 9.36. The van der Waals surface area contributed by atoms with Crippen molar-refractivity contribution in [3.05, 3.63) is 12.7 Å². The molecule has 1 fully saturated rings. The van der Waals surface area contributed by atoms with Gasteiger partial charge in [0.05, 0.1) is 19.0 Å². The van der Waals surface area contributed by atoms with Gasteiger partial charge in [-0.2, -0.15) is 8.78 Å². The zero-order valence-corrected chi connectivity index (χ0v) is 17.9. The highest BCUT2D eigenvalue weighted by atomic mass is 31.3. The Kier molecular flexibility index (Phi) is 6.49. The summed E-state index contributed by atoms with van der Waals surface area (Å²) in [4.78, 5) is 38.2. The molecule has 1 saturated heterocycles. The van der Waals surface area contributed by atoms with E-state index >= 15 is 0 Å². The third-order valence-electron chi connectivity index (χ3n) is 4.14. The Hall–Kier alpha value is -1.28. The fraction of sp³-hybridized carbons (Fsp3) is 0.545. The van der Waals surface area contributed by atoms with Crippen molar-refractivity contribution in [3.63, 3.8) is 0 Å². The Morgan fingerprint density at radius 2 is 1.94 bits per heavy atom. The molecular formula is C11H15BF2N5O9P3. The van der Waals surface area contributed by atoms with Crippen LogP contribution < -0.4 is 5.73 Å². The van der Waals surface area contributed by atoms with E-state index in [2.05, 4.69) is 23.8 Å². The lowest BCUT2D eigenvalue weighted by atomic mass is 10.2. The molecule has 0 amide bonds. The van der Waals surface area contributed by atoms with Crippen molar-refractivity contribution in [2.24, 2.45) is 0 Å². The second-order valence-electron chi connectivity index (χ2n) is 6.36. The minimum Gasteiger partial charge on any atom is -0.382 e. The highest BCUT2D eigenvalue weighted by Gasteiger charge is 2.66. The fourth-order valence-corrected chi connectivity index (χ4v) is 6.51. The highest BCUT2D eigenvalue weighted by Crippen LogP contribution is 2.77. The topological polar surface area (TPSA) is 209 Å². The number of ether oxygens (including phenoxy) is 1. The summed E-state index contributed by atoms with van der Waals surface area (Å²) in [6.07, 6.45) is 1.95. The second kappa shape index (κ2) is 8.25. The van der Waals surface area contributed by atoms with Crippen molar-refractivity contribution in [2.75, 3.05) is 12.3 Å². The van der Waals surface area contributed by atoms with Crippen molar-refractivity contribution in [1.82, 2.24) is 19.5 Å². The quantitative estimate of drug-likeness (QED) is 0.296. The van der Waals surface area contributed by atoms with Crippen molar-refractivity contribution < 1.29 is 50.7 Å². The van der Waals surface area contributed by atoms with E-state index < -0.39 is 47.0 Å². The standard InChI is InChI=1S/C11H15BF2N5O9P3/c12-31(25,28-30(23,24)11(13,14)29(20,21)22)26-3-6-1-2-7(27-6)19-5-18-8-9(15)16-4-17-10(8)19/h4-7H,1-3H2,(H,23,24)(H2,15,16,17)(H2,20,21,22)/t6-,7+,31?/m0/s1. The molecule has 0 bridgehead atoms. The summed E-state index contributed by atoms with van der Waals surface area (Å²) < 4.78 is 76.8. The van der Waals surface area contributed by atoms with Crippen LogP contribution in [-0.4, -0.2) is 59.9 Å². The zero-order valence-electron chi connectivity index (χ0n) is 15.3. The first-order valence-electron chi connectivity index (χ1n) is 8.24. The average Bonchev–Trinajstić information content (AvgIpc) is 3.25. The van der Waals surface area contributed by atoms with Gasteiger partial charge in [0.25, 0.3) is 7.47 Å². The van der Waals surface area contributed by atoms with Crippen molar-refractivity contribution in [3.8, 4) is 0 Å². The predicted octanol–water partition coefficient (Wildman–Crippen LogP) is 1.31. The molecule has 4 atom stereocenters. The summed E-state index contributed by atoms with van der Waals surface area (Å²) in [6, 6.07) is 0. The van der Waals surface area contributed by atoms with Crippen LogP contribution in [0.25, 0.3) is 11.2 Å². The molecule has 0 spiro atoms. The van der Waals surface area contributed by atoms with Gasteiger partial charge in [-0.1, -0.05) is 0 Å². The van der Waals surface area contributed by atoms with E-state index in [0.717, 1.165) is 0 Å². The fourth-order valence-electron chi connectivity index (χ4n) is 2.67. The van der Waals surface area contributed by atoms with Gasteiger partial charge in [0.2, 0.25) is 7.57 Å². The summed E-state index contributed by atoms with van der Waals surface area (Å²) in [5, 5.41) is -5.54. The van der Waals surface area contributed by atoms with E-state index in [-0.39, 0.29) is 5.82 Å². The van der Waals surface area contributed by atoms with Crippen molar-refractivity contribution in [2.45, 2.75) is 30.6 Å². The number of nitrogen functional groups attached to an aromatic ring is 1. The van der Waals surface area contributed by atoms with Gasteiger partial charge < -0.3 is 29.7 Å². The number of halogens is 2. The van der Waals surface area contributed by atoms with Crippen molar-refractivity contribution in [1.29, 1.82) is 0 Å². The first-order valence-corrected chi connectivity index (χ1v) is 13.0.